The molecule has 0 fully saturated rings. The molecule has 1 aromatic heterocycles. The van der Waals surface area contributed by atoms with Crippen LogP contribution in [-0.4, -0.2) is 9.78 Å². The Labute approximate surface area is 62.7 Å². The van der Waals surface area contributed by atoms with E-state index in [-0.39, 0.29) is 1.43 Å². The van der Waals surface area contributed by atoms with E-state index in [1.165, 1.54) is 30.7 Å². The van der Waals surface area contributed by atoms with Gasteiger partial charge in [0.2, 0.25) is 0 Å². The van der Waals surface area contributed by atoms with Crippen molar-refractivity contribution in [2.75, 3.05) is 0 Å². The van der Waals surface area contributed by atoms with Crippen molar-refractivity contribution in [2.45, 2.75) is 26.2 Å². The van der Waals surface area contributed by atoms with Crippen LogP contribution in [0.4, 0.5) is 0 Å². The number of aromatic amines is 1. The van der Waals surface area contributed by atoms with Crippen LogP contribution in [0, 0.1) is 5.92 Å². The molecule has 1 aliphatic carbocycles. The lowest BCUT2D eigenvalue weighted by atomic mass is 9.90. The first-order chi connectivity index (χ1) is 4.77. The van der Waals surface area contributed by atoms with Crippen LogP contribution in [0.25, 0.3) is 0 Å². The van der Waals surface area contributed by atoms with E-state index < -0.39 is 0 Å². The highest BCUT2D eigenvalue weighted by molar-refractivity contribution is 5.17. The molecule has 0 bridgehead atoms. The Morgan fingerprint density at radius 3 is 3.10 bits per heavy atom. The summed E-state index contributed by atoms with van der Waals surface area (Å²) in [6, 6.07) is 0. The van der Waals surface area contributed by atoms with Crippen molar-refractivity contribution in [3.05, 3.63) is 11.4 Å². The summed E-state index contributed by atoms with van der Waals surface area (Å²) in [7, 11) is 2.09. The van der Waals surface area contributed by atoms with Crippen LogP contribution < -0.4 is 0 Å². The molecule has 0 amide bonds. The molecule has 1 heterocycles. The highest BCUT2D eigenvalue weighted by Crippen LogP contribution is 2.24. The van der Waals surface area contributed by atoms with Gasteiger partial charge >= 0.3 is 0 Å². The van der Waals surface area contributed by atoms with Crippen LogP contribution in [0.1, 0.15) is 26.2 Å². The van der Waals surface area contributed by atoms with Gasteiger partial charge in [-0.1, -0.05) is 6.92 Å². The molecule has 1 unspecified atom stereocenters. The fourth-order valence-corrected chi connectivity index (χ4v) is 1.80. The average Bonchev–Trinajstić information content (AvgIpc) is 1.86. The van der Waals surface area contributed by atoms with Crippen LogP contribution in [0.3, 0.4) is 0 Å². The summed E-state index contributed by atoms with van der Waals surface area (Å²) in [6.45, 7) is 2.32. The number of rotatable bonds is 0. The maximum Gasteiger partial charge on any atom is 0.0550 e. The van der Waals surface area contributed by atoms with Crippen LogP contribution in [0.15, 0.2) is 0 Å². The van der Waals surface area contributed by atoms with E-state index in [0.717, 1.165) is 5.92 Å². The summed E-state index contributed by atoms with van der Waals surface area (Å²) in [5, 5.41) is 3.29. The predicted molar refractivity (Wildman–Crippen MR) is 43.1 cm³/mol. The van der Waals surface area contributed by atoms with Crippen LogP contribution in [-0.2, 0) is 19.9 Å². The van der Waals surface area contributed by atoms with Gasteiger partial charge in [0.05, 0.1) is 11.4 Å². The van der Waals surface area contributed by atoms with E-state index in [2.05, 4.69) is 23.8 Å². The summed E-state index contributed by atoms with van der Waals surface area (Å²) in [4.78, 5) is 0. The number of hydrogen-bond donors (Lipinski definition) is 1. The Morgan fingerprint density at radius 1 is 1.70 bits per heavy atom. The third-order valence-electron chi connectivity index (χ3n) is 2.48. The van der Waals surface area contributed by atoms with Gasteiger partial charge in [0, 0.05) is 8.47 Å². The first-order valence-electron chi connectivity index (χ1n) is 4.00. The normalized spacial score (nSPS) is 24.8. The molecule has 0 aromatic carbocycles. The molecule has 10 heavy (non-hydrogen) atoms. The molecule has 1 aliphatic rings. The number of nitrogens with zero attached hydrogens (tertiary/aromatic N) is 1. The number of aromatic nitrogens is 2. The lowest BCUT2D eigenvalue weighted by molar-refractivity contribution is 0.424. The Balaban J connectivity index is 0.000000605. The van der Waals surface area contributed by atoms with E-state index in [9.17, 15) is 0 Å². The number of aryl methyl sites for hydroxylation is 1. The molecule has 58 valence electrons. The number of hydrogen-bond acceptors (Lipinski definition) is 0. The molecule has 2 rings (SSSR count). The van der Waals surface area contributed by atoms with Crippen molar-refractivity contribution in [2.24, 2.45) is 13.0 Å². The number of fused-ring (bicyclic) bond motifs is 1. The molecule has 0 radical (unpaired) electrons. The Bertz CT molecular complexity index is 237. The molecule has 1 N–H and O–H groups in total. The monoisotopic (exact) mass is 140 g/mol. The molecule has 2 nitrogen and oxygen atoms in total. The van der Waals surface area contributed by atoms with Gasteiger partial charge < -0.3 is 5.10 Å². The van der Waals surface area contributed by atoms with Crippen molar-refractivity contribution in [3.8, 4) is 0 Å². The second kappa shape index (κ2) is 1.91. The average molecular weight is 140 g/mol. The maximum atomic E-state index is 3.29. The van der Waals surface area contributed by atoms with Gasteiger partial charge in [-0.05, 0) is 25.2 Å². The molecular weight excluding hydrogens is 124 g/mol. The summed E-state index contributed by atoms with van der Waals surface area (Å²) in [5.41, 5.74) is 3.03. The highest BCUT2D eigenvalue weighted by atomic mass is 15.3. The SMILES string of the molecule is CC1CCc2c([nH]n2C)C1.[HH]. The second-order valence-electron chi connectivity index (χ2n) is 3.44. The number of nitrogens with one attached hydrogen (secondary N) is 1. The quantitative estimate of drug-likeness (QED) is 0.566. The standard InChI is InChI=1S/C8H14N2.H2/c1-6-3-4-8-7(5-6)9-10(8)2;/h6,9H,3-5H2,1-2H3;1H. The molecule has 0 saturated carbocycles. The van der Waals surface area contributed by atoms with E-state index in [1.807, 2.05) is 0 Å². The topological polar surface area (TPSA) is 20.7 Å². The largest absolute Gasteiger partial charge is 0.301 e. The lowest BCUT2D eigenvalue weighted by Crippen LogP contribution is -2.25. The Morgan fingerprint density at radius 2 is 2.50 bits per heavy atom. The Kier molecular flexibility index (Phi) is 1.16. The van der Waals surface area contributed by atoms with E-state index in [0.29, 0.717) is 0 Å². The molecule has 0 aliphatic heterocycles. The third-order valence-corrected chi connectivity index (χ3v) is 2.48. The molecule has 1 aromatic rings. The highest BCUT2D eigenvalue weighted by Gasteiger charge is 2.19. The van der Waals surface area contributed by atoms with E-state index in [4.69, 9.17) is 0 Å². The second-order valence-corrected chi connectivity index (χ2v) is 3.44. The summed E-state index contributed by atoms with van der Waals surface area (Å²) in [5.74, 6) is 0.889. The predicted octanol–water partition coefficient (Wildman–Crippen LogP) is 1.72. The van der Waals surface area contributed by atoms with Gasteiger partial charge in [0.1, 0.15) is 0 Å². The first kappa shape index (κ1) is 6.08. The zero-order valence-corrected chi connectivity index (χ0v) is 6.65. The van der Waals surface area contributed by atoms with E-state index in [1.54, 1.807) is 0 Å². The molecule has 2 heteroatoms. The smallest absolute Gasteiger partial charge is 0.0550 e. The van der Waals surface area contributed by atoms with Crippen molar-refractivity contribution in [3.63, 3.8) is 0 Å². The molecule has 1 atom stereocenters. The summed E-state index contributed by atoms with van der Waals surface area (Å²) >= 11 is 0. The lowest BCUT2D eigenvalue weighted by Gasteiger charge is -2.27. The van der Waals surface area contributed by atoms with Crippen molar-refractivity contribution < 1.29 is 1.43 Å². The van der Waals surface area contributed by atoms with Crippen LogP contribution in [0.5, 0.6) is 0 Å². The van der Waals surface area contributed by atoms with Gasteiger partial charge in [-0.25, -0.2) is 0 Å². The Hall–Kier alpha value is -0.660. The first-order valence-corrected chi connectivity index (χ1v) is 4.00. The minimum absolute atomic E-state index is 0. The van der Waals surface area contributed by atoms with Crippen LogP contribution >= 0.6 is 0 Å². The minimum Gasteiger partial charge on any atom is -0.301 e. The zero-order valence-electron chi connectivity index (χ0n) is 6.65. The fourth-order valence-electron chi connectivity index (χ4n) is 1.80. The molecule has 0 saturated heterocycles. The van der Waals surface area contributed by atoms with E-state index >= 15 is 0 Å². The zero-order chi connectivity index (χ0) is 7.14. The van der Waals surface area contributed by atoms with Gasteiger partial charge in [0.15, 0.2) is 0 Å². The minimum atomic E-state index is 0. The van der Waals surface area contributed by atoms with Crippen molar-refractivity contribution in [1.29, 1.82) is 0 Å². The van der Waals surface area contributed by atoms with Gasteiger partial charge in [-0.3, -0.25) is 4.68 Å². The van der Waals surface area contributed by atoms with Crippen molar-refractivity contribution >= 4 is 0 Å². The van der Waals surface area contributed by atoms with Gasteiger partial charge in [-0.15, -0.1) is 0 Å². The maximum absolute atomic E-state index is 3.29. The summed E-state index contributed by atoms with van der Waals surface area (Å²) in [6.07, 6.45) is 3.91. The van der Waals surface area contributed by atoms with Gasteiger partial charge in [0.25, 0.3) is 0 Å². The fraction of sp³-hybridized carbons (Fsp3) is 0.750. The third kappa shape index (κ3) is 0.713. The summed E-state index contributed by atoms with van der Waals surface area (Å²) < 4.78 is 2.14. The van der Waals surface area contributed by atoms with Gasteiger partial charge in [-0.2, -0.15) is 0 Å². The number of H-pyrrole nitrogens is 1. The molecule has 0 spiro atoms. The molecular formula is C8H16N2. The van der Waals surface area contributed by atoms with Crippen molar-refractivity contribution in [1.82, 2.24) is 9.78 Å². The van der Waals surface area contributed by atoms with Crippen LogP contribution in [0.2, 0.25) is 0 Å².